The molecule has 1 N–H and O–H groups in total. The van der Waals surface area contributed by atoms with Gasteiger partial charge in [-0.1, -0.05) is 0 Å². The number of alkyl halides is 3. The Labute approximate surface area is 96.9 Å². The standard InChI is InChI=1S/C10H6F3NO2S/c11-10(12,13)7-2-9-6(1-5(7)3-14)8(15)4-17(9)16/h1-2,8,15H,4H2. The van der Waals surface area contributed by atoms with Gasteiger partial charge in [0.15, 0.2) is 0 Å². The van der Waals surface area contributed by atoms with Crippen molar-refractivity contribution in [2.75, 3.05) is 5.75 Å². The molecule has 0 aromatic heterocycles. The zero-order valence-corrected chi connectivity index (χ0v) is 9.10. The van der Waals surface area contributed by atoms with Crippen molar-refractivity contribution >= 4 is 10.8 Å². The molecule has 3 nitrogen and oxygen atoms in total. The van der Waals surface area contributed by atoms with Gasteiger partial charge >= 0.3 is 6.18 Å². The van der Waals surface area contributed by atoms with Crippen LogP contribution in [0.1, 0.15) is 22.8 Å². The van der Waals surface area contributed by atoms with Crippen molar-refractivity contribution in [3.05, 3.63) is 28.8 Å². The molecule has 1 aliphatic rings. The predicted molar refractivity (Wildman–Crippen MR) is 52.4 cm³/mol. The lowest BCUT2D eigenvalue weighted by molar-refractivity contribution is -0.137. The van der Waals surface area contributed by atoms with Gasteiger partial charge in [-0.05, 0) is 17.7 Å². The summed E-state index contributed by atoms with van der Waals surface area (Å²) in [5, 5.41) is 18.1. The molecule has 1 aromatic carbocycles. The van der Waals surface area contributed by atoms with Crippen LogP contribution in [0.4, 0.5) is 13.2 Å². The number of benzene rings is 1. The van der Waals surface area contributed by atoms with Crippen LogP contribution in [0, 0.1) is 11.3 Å². The Morgan fingerprint density at radius 1 is 1.47 bits per heavy atom. The number of aliphatic hydroxyl groups is 1. The van der Waals surface area contributed by atoms with E-state index in [0.717, 1.165) is 6.07 Å². The van der Waals surface area contributed by atoms with E-state index in [4.69, 9.17) is 5.26 Å². The average Bonchev–Trinajstić information content (AvgIpc) is 2.51. The minimum atomic E-state index is -4.67. The third-order valence-corrected chi connectivity index (χ3v) is 3.95. The molecule has 0 fully saturated rings. The fourth-order valence-electron chi connectivity index (χ4n) is 1.70. The number of fused-ring (bicyclic) bond motifs is 1. The predicted octanol–water partition coefficient (Wildman–Crippen LogP) is 1.73. The molecule has 0 aliphatic carbocycles. The Morgan fingerprint density at radius 2 is 2.12 bits per heavy atom. The van der Waals surface area contributed by atoms with Gasteiger partial charge in [0, 0.05) is 4.90 Å². The van der Waals surface area contributed by atoms with Crippen molar-refractivity contribution in [3.63, 3.8) is 0 Å². The molecule has 0 saturated heterocycles. The van der Waals surface area contributed by atoms with Crippen LogP contribution < -0.4 is 0 Å². The van der Waals surface area contributed by atoms with Crippen molar-refractivity contribution < 1.29 is 22.5 Å². The molecular formula is C10H6F3NO2S. The van der Waals surface area contributed by atoms with Crippen LogP contribution in [0.25, 0.3) is 0 Å². The molecule has 7 heteroatoms. The van der Waals surface area contributed by atoms with Gasteiger partial charge in [-0.2, -0.15) is 18.4 Å². The molecule has 17 heavy (non-hydrogen) atoms. The van der Waals surface area contributed by atoms with E-state index in [2.05, 4.69) is 0 Å². The van der Waals surface area contributed by atoms with E-state index < -0.39 is 34.2 Å². The highest BCUT2D eigenvalue weighted by molar-refractivity contribution is 7.85. The molecular weight excluding hydrogens is 255 g/mol. The van der Waals surface area contributed by atoms with E-state index in [1.165, 1.54) is 6.07 Å². The largest absolute Gasteiger partial charge is 0.417 e. The lowest BCUT2D eigenvalue weighted by atomic mass is 10.0. The Morgan fingerprint density at radius 3 is 2.65 bits per heavy atom. The van der Waals surface area contributed by atoms with Gasteiger partial charge in [-0.15, -0.1) is 0 Å². The van der Waals surface area contributed by atoms with Crippen LogP contribution in [-0.4, -0.2) is 15.1 Å². The van der Waals surface area contributed by atoms with Gasteiger partial charge < -0.3 is 5.11 Å². The van der Waals surface area contributed by atoms with E-state index in [1.807, 2.05) is 0 Å². The zero-order chi connectivity index (χ0) is 12.8. The van der Waals surface area contributed by atoms with Gasteiger partial charge in [0.25, 0.3) is 0 Å². The molecule has 2 rings (SSSR count). The fourth-order valence-corrected chi connectivity index (χ4v) is 3.06. The molecule has 1 heterocycles. The van der Waals surface area contributed by atoms with Gasteiger partial charge in [0.1, 0.15) is 0 Å². The van der Waals surface area contributed by atoms with Gasteiger partial charge in [0.05, 0.1) is 39.9 Å². The first-order chi connectivity index (χ1) is 7.84. The number of hydrogen-bond acceptors (Lipinski definition) is 3. The molecule has 2 atom stereocenters. The molecule has 1 aromatic rings. The minimum Gasteiger partial charge on any atom is -0.387 e. The Bertz CT molecular complexity index is 548. The van der Waals surface area contributed by atoms with Crippen LogP contribution >= 0.6 is 0 Å². The van der Waals surface area contributed by atoms with Gasteiger partial charge in [-0.25, -0.2) is 0 Å². The highest BCUT2D eigenvalue weighted by atomic mass is 32.2. The maximum atomic E-state index is 12.6. The summed E-state index contributed by atoms with van der Waals surface area (Å²) in [7, 11) is -1.64. The number of aliphatic hydroxyl groups excluding tert-OH is 1. The van der Waals surface area contributed by atoms with Gasteiger partial charge in [-0.3, -0.25) is 4.21 Å². The second-order valence-corrected chi connectivity index (χ2v) is 5.04. The first-order valence-corrected chi connectivity index (χ1v) is 5.88. The molecule has 0 spiro atoms. The third-order valence-electron chi connectivity index (χ3n) is 2.49. The number of rotatable bonds is 0. The summed E-state index contributed by atoms with van der Waals surface area (Å²) < 4.78 is 49.3. The lowest BCUT2D eigenvalue weighted by Gasteiger charge is -2.11. The average molecular weight is 261 g/mol. The topological polar surface area (TPSA) is 61.1 Å². The van der Waals surface area contributed by atoms with Crippen molar-refractivity contribution in [1.82, 2.24) is 0 Å². The summed E-state index contributed by atoms with van der Waals surface area (Å²) in [5.74, 6) is -0.123. The first kappa shape index (κ1) is 12.1. The molecule has 1 aliphatic heterocycles. The Balaban J connectivity index is 2.70. The second-order valence-electron chi connectivity index (χ2n) is 3.57. The van der Waals surface area contributed by atoms with Crippen LogP contribution in [0.5, 0.6) is 0 Å². The minimum absolute atomic E-state index is 0.0381. The van der Waals surface area contributed by atoms with E-state index in [1.54, 1.807) is 0 Å². The smallest absolute Gasteiger partial charge is 0.387 e. The number of hydrogen-bond donors (Lipinski definition) is 1. The summed E-state index contributed by atoms with van der Waals surface area (Å²) in [6.45, 7) is 0. The van der Waals surface area contributed by atoms with Crippen LogP contribution in [-0.2, 0) is 17.0 Å². The summed E-state index contributed by atoms with van der Waals surface area (Å²) in [5.41, 5.74) is -1.52. The van der Waals surface area contributed by atoms with Crippen LogP contribution in [0.2, 0.25) is 0 Å². The van der Waals surface area contributed by atoms with Gasteiger partial charge in [0.2, 0.25) is 0 Å². The Hall–Kier alpha value is -1.39. The summed E-state index contributed by atoms with van der Waals surface area (Å²) >= 11 is 0. The van der Waals surface area contributed by atoms with Crippen molar-refractivity contribution in [3.8, 4) is 6.07 Å². The molecule has 0 bridgehead atoms. The van der Waals surface area contributed by atoms with E-state index in [9.17, 15) is 22.5 Å². The first-order valence-electron chi connectivity index (χ1n) is 4.56. The Kier molecular flexibility index (Phi) is 2.72. The zero-order valence-electron chi connectivity index (χ0n) is 8.28. The highest BCUT2D eigenvalue weighted by Crippen LogP contribution is 2.38. The lowest BCUT2D eigenvalue weighted by Crippen LogP contribution is -2.09. The summed E-state index contributed by atoms with van der Waals surface area (Å²) in [4.78, 5) is -0.0381. The second kappa shape index (κ2) is 3.82. The van der Waals surface area contributed by atoms with E-state index in [-0.39, 0.29) is 16.2 Å². The quantitative estimate of drug-likeness (QED) is 0.773. The van der Waals surface area contributed by atoms with Crippen molar-refractivity contribution in [2.45, 2.75) is 17.2 Å². The molecule has 0 saturated carbocycles. The monoisotopic (exact) mass is 261 g/mol. The summed E-state index contributed by atoms with van der Waals surface area (Å²) in [6.07, 6.45) is -5.74. The molecule has 90 valence electrons. The van der Waals surface area contributed by atoms with E-state index in [0.29, 0.717) is 6.07 Å². The number of nitriles is 1. The van der Waals surface area contributed by atoms with Crippen LogP contribution in [0.3, 0.4) is 0 Å². The number of halogens is 3. The van der Waals surface area contributed by atoms with Crippen LogP contribution in [0.15, 0.2) is 17.0 Å². The van der Waals surface area contributed by atoms with E-state index >= 15 is 0 Å². The number of nitrogens with zero attached hydrogens (tertiary/aromatic N) is 1. The fraction of sp³-hybridized carbons (Fsp3) is 0.300. The molecule has 0 radical (unpaired) electrons. The summed E-state index contributed by atoms with van der Waals surface area (Å²) in [6, 6.07) is 3.10. The SMILES string of the molecule is N#Cc1cc2c(cc1C(F)(F)F)S(=O)CC2O. The molecule has 2 unspecified atom stereocenters. The maximum absolute atomic E-state index is 12.6. The maximum Gasteiger partial charge on any atom is 0.417 e. The van der Waals surface area contributed by atoms with Crippen molar-refractivity contribution in [2.24, 2.45) is 0 Å². The third kappa shape index (κ3) is 1.94. The normalized spacial score (nSPS) is 23.2. The van der Waals surface area contributed by atoms with Crippen molar-refractivity contribution in [1.29, 1.82) is 5.26 Å². The highest BCUT2D eigenvalue weighted by Gasteiger charge is 2.37. The molecule has 0 amide bonds.